The Kier molecular flexibility index (Phi) is 12.0. The number of nitrogens with one attached hydrogen (secondary N) is 2. The van der Waals surface area contributed by atoms with Crippen LogP contribution in [0.1, 0.15) is 47.2 Å². The van der Waals surface area contributed by atoms with E-state index in [0.717, 1.165) is 24.8 Å². The molecule has 0 saturated carbocycles. The number of methoxy groups -OCH3 is 1. The number of para-hydroxylation sites is 1. The molecule has 2 atom stereocenters. The van der Waals surface area contributed by atoms with Crippen LogP contribution in [0.2, 0.25) is 0 Å². The fourth-order valence-electron chi connectivity index (χ4n) is 5.13. The van der Waals surface area contributed by atoms with Crippen LogP contribution in [0.15, 0.2) is 84.9 Å². The molecule has 42 heavy (non-hydrogen) atoms. The first-order valence-electron chi connectivity index (χ1n) is 14.7. The van der Waals surface area contributed by atoms with Crippen LogP contribution in [0.4, 0.5) is 0 Å². The third kappa shape index (κ3) is 9.45. The summed E-state index contributed by atoms with van der Waals surface area (Å²) in [6, 6.07) is 26.2. The molecule has 3 aromatic carbocycles. The van der Waals surface area contributed by atoms with E-state index in [1.54, 1.807) is 12.1 Å². The highest BCUT2D eigenvalue weighted by Gasteiger charge is 2.25. The highest BCUT2D eigenvalue weighted by Crippen LogP contribution is 2.19. The normalized spacial score (nSPS) is 19.1. The van der Waals surface area contributed by atoms with E-state index < -0.39 is 12.0 Å². The molecular weight excluding hydrogens is 530 g/mol. The van der Waals surface area contributed by atoms with Gasteiger partial charge in [-0.3, -0.25) is 14.4 Å². The number of nitrogens with zero attached hydrogens (tertiary/aromatic N) is 1. The molecule has 0 radical (unpaired) electrons. The van der Waals surface area contributed by atoms with Crippen LogP contribution >= 0.6 is 0 Å². The highest BCUT2D eigenvalue weighted by atomic mass is 16.5. The predicted molar refractivity (Wildman–Crippen MR) is 162 cm³/mol. The first-order valence-corrected chi connectivity index (χ1v) is 14.7. The molecule has 2 unspecified atom stereocenters. The Morgan fingerprint density at radius 3 is 2.36 bits per heavy atom. The summed E-state index contributed by atoms with van der Waals surface area (Å²) in [4.78, 5) is 41.5. The third-order valence-electron chi connectivity index (χ3n) is 7.48. The lowest BCUT2D eigenvalue weighted by atomic mass is 10.0. The summed E-state index contributed by atoms with van der Waals surface area (Å²) in [6.45, 7) is 1.94. The summed E-state index contributed by atoms with van der Waals surface area (Å²) in [7, 11) is 1.35. The number of hydrogen-bond acceptors (Lipinski definition) is 6. The van der Waals surface area contributed by atoms with Gasteiger partial charge in [-0.25, -0.2) is 0 Å². The monoisotopic (exact) mass is 571 g/mol. The summed E-state index contributed by atoms with van der Waals surface area (Å²) >= 11 is 0. The fourth-order valence-corrected chi connectivity index (χ4v) is 5.13. The van der Waals surface area contributed by atoms with Gasteiger partial charge >= 0.3 is 5.97 Å². The van der Waals surface area contributed by atoms with Gasteiger partial charge in [0.15, 0.2) is 0 Å². The number of rotatable bonds is 6. The molecule has 8 nitrogen and oxygen atoms in total. The Labute approximate surface area is 248 Å². The molecule has 0 aliphatic carbocycles. The lowest BCUT2D eigenvalue weighted by molar-refractivity contribution is -0.143. The van der Waals surface area contributed by atoms with Crippen molar-refractivity contribution in [1.29, 1.82) is 0 Å². The average Bonchev–Trinajstić information content (AvgIpc) is 3.02. The predicted octanol–water partition coefficient (Wildman–Crippen LogP) is 4.18. The van der Waals surface area contributed by atoms with E-state index in [4.69, 9.17) is 9.47 Å². The van der Waals surface area contributed by atoms with Crippen molar-refractivity contribution in [2.45, 2.75) is 50.6 Å². The van der Waals surface area contributed by atoms with E-state index in [2.05, 4.69) is 22.8 Å². The smallest absolute Gasteiger partial charge is 0.322 e. The van der Waals surface area contributed by atoms with Gasteiger partial charge in [0.1, 0.15) is 11.8 Å². The van der Waals surface area contributed by atoms with Gasteiger partial charge in [-0.15, -0.1) is 0 Å². The van der Waals surface area contributed by atoms with Gasteiger partial charge < -0.3 is 25.0 Å². The van der Waals surface area contributed by atoms with Gasteiger partial charge in [0.05, 0.1) is 19.3 Å². The Hall–Kier alpha value is -4.17. The highest BCUT2D eigenvalue weighted by molar-refractivity contribution is 5.97. The molecule has 222 valence electrons. The molecule has 1 aliphatic heterocycles. The summed E-state index contributed by atoms with van der Waals surface area (Å²) in [6.07, 6.45) is 3.30. The van der Waals surface area contributed by atoms with Gasteiger partial charge in [0.2, 0.25) is 5.91 Å². The maximum absolute atomic E-state index is 13.4. The molecule has 0 aromatic heterocycles. The Morgan fingerprint density at radius 1 is 0.929 bits per heavy atom. The Balaban J connectivity index is 1.54. The fraction of sp³-hybridized carbons (Fsp3) is 0.382. The second-order valence-corrected chi connectivity index (χ2v) is 10.6. The van der Waals surface area contributed by atoms with Crippen molar-refractivity contribution in [1.82, 2.24) is 15.5 Å². The summed E-state index contributed by atoms with van der Waals surface area (Å²) in [5, 5.41) is 6.41. The van der Waals surface area contributed by atoms with Crippen molar-refractivity contribution in [3.63, 3.8) is 0 Å². The van der Waals surface area contributed by atoms with Crippen molar-refractivity contribution >= 4 is 17.8 Å². The molecule has 1 heterocycles. The van der Waals surface area contributed by atoms with Crippen LogP contribution in [-0.4, -0.2) is 68.1 Å². The van der Waals surface area contributed by atoms with E-state index in [9.17, 15) is 14.4 Å². The number of hydrogen-bond donors (Lipinski definition) is 2. The molecule has 0 bridgehead atoms. The van der Waals surface area contributed by atoms with Gasteiger partial charge in [0.25, 0.3) is 5.91 Å². The minimum Gasteiger partial charge on any atom is -0.493 e. The first kappa shape index (κ1) is 30.8. The molecular formula is C34H41N3O5. The maximum Gasteiger partial charge on any atom is 0.322 e. The molecule has 4 rings (SSSR count). The zero-order valence-electron chi connectivity index (χ0n) is 24.3. The van der Waals surface area contributed by atoms with Crippen molar-refractivity contribution in [2.75, 3.05) is 33.4 Å². The minimum absolute atomic E-state index is 0.00588. The molecule has 3 aromatic rings. The van der Waals surface area contributed by atoms with Crippen LogP contribution < -0.4 is 15.4 Å². The van der Waals surface area contributed by atoms with Crippen molar-refractivity contribution in [3.8, 4) is 5.75 Å². The summed E-state index contributed by atoms with van der Waals surface area (Å²) in [5.74, 6) is -0.142. The largest absolute Gasteiger partial charge is 0.493 e. The number of benzene rings is 3. The van der Waals surface area contributed by atoms with E-state index in [0.29, 0.717) is 50.4 Å². The summed E-state index contributed by atoms with van der Waals surface area (Å²) < 4.78 is 11.1. The number of esters is 1. The van der Waals surface area contributed by atoms with E-state index in [1.807, 2.05) is 65.6 Å². The zero-order chi connectivity index (χ0) is 29.6. The third-order valence-corrected chi connectivity index (χ3v) is 7.48. The van der Waals surface area contributed by atoms with E-state index in [-0.39, 0.29) is 24.3 Å². The lowest BCUT2D eigenvalue weighted by Crippen LogP contribution is -2.48. The number of ether oxygens (including phenoxy) is 2. The number of fused-ring (bicyclic) bond motifs is 1. The average molecular weight is 572 g/mol. The van der Waals surface area contributed by atoms with Crippen LogP contribution in [0.3, 0.4) is 0 Å². The molecule has 1 aliphatic rings. The standard InChI is InChI=1S/C34H41N3O5/c1-41-34(40)30-18-19-32(38)37(22-20-26-12-4-2-5-13-26)21-10-11-23-42-31-17-9-8-16-29(31)33(39)36-28(25-35-30)24-27-14-6-3-7-15-27/h2-9,12-17,28,30,35H,10-11,18-25H2,1H3,(H,36,39). The van der Waals surface area contributed by atoms with Crippen LogP contribution in [0.25, 0.3) is 0 Å². The second kappa shape index (κ2) is 16.3. The first-order chi connectivity index (χ1) is 20.5. The van der Waals surface area contributed by atoms with Crippen LogP contribution in [0, 0.1) is 0 Å². The molecule has 2 N–H and O–H groups in total. The van der Waals surface area contributed by atoms with Crippen LogP contribution in [0.5, 0.6) is 5.75 Å². The van der Waals surface area contributed by atoms with Crippen LogP contribution in [-0.2, 0) is 27.2 Å². The summed E-state index contributed by atoms with van der Waals surface area (Å²) in [5.41, 5.74) is 2.69. The van der Waals surface area contributed by atoms with Crippen molar-refractivity contribution < 1.29 is 23.9 Å². The second-order valence-electron chi connectivity index (χ2n) is 10.6. The Morgan fingerprint density at radius 2 is 1.62 bits per heavy atom. The SMILES string of the molecule is COC(=O)C1CCC(=O)N(CCc2ccccc2)CCCCOc2ccccc2C(=O)NC(Cc2ccccc2)CN1. The van der Waals surface area contributed by atoms with Crippen molar-refractivity contribution in [2.24, 2.45) is 0 Å². The topological polar surface area (TPSA) is 97.0 Å². The molecule has 2 amide bonds. The van der Waals surface area contributed by atoms with E-state index in [1.165, 1.54) is 12.7 Å². The maximum atomic E-state index is 13.4. The van der Waals surface area contributed by atoms with Gasteiger partial charge in [-0.2, -0.15) is 0 Å². The molecule has 8 heteroatoms. The van der Waals surface area contributed by atoms with E-state index >= 15 is 0 Å². The minimum atomic E-state index is -0.684. The molecule has 0 spiro atoms. The lowest BCUT2D eigenvalue weighted by Gasteiger charge is -2.25. The molecule has 0 fully saturated rings. The van der Waals surface area contributed by atoms with Gasteiger partial charge in [0, 0.05) is 32.1 Å². The van der Waals surface area contributed by atoms with Gasteiger partial charge in [-0.05, 0) is 55.4 Å². The quantitative estimate of drug-likeness (QED) is 0.431. The zero-order valence-corrected chi connectivity index (χ0v) is 24.3. The number of carbonyl (C=O) groups is 3. The number of amides is 2. The molecule has 0 saturated heterocycles. The van der Waals surface area contributed by atoms with Crippen molar-refractivity contribution in [3.05, 3.63) is 102 Å². The number of carbonyl (C=O) groups excluding carboxylic acids is 3. The van der Waals surface area contributed by atoms with Gasteiger partial charge in [-0.1, -0.05) is 72.8 Å². The Bertz CT molecular complexity index is 1280.